The number of hydrogen-bond donors (Lipinski definition) is 0. The predicted molar refractivity (Wildman–Crippen MR) is 52.0 cm³/mol. The molecule has 2 heterocycles. The molecule has 0 atom stereocenters. The van der Waals surface area contributed by atoms with Gasteiger partial charge in [-0.3, -0.25) is 0 Å². The summed E-state index contributed by atoms with van der Waals surface area (Å²) >= 11 is 11.0. The highest BCUT2D eigenvalue weighted by Gasteiger charge is 2.14. The van der Waals surface area contributed by atoms with Crippen molar-refractivity contribution in [2.75, 3.05) is 0 Å². The fraction of sp³-hybridized carbons (Fsp3) is 0.143. The zero-order valence-corrected chi connectivity index (χ0v) is 8.96. The number of nitrogens with zero attached hydrogens (tertiary/aromatic N) is 5. The van der Waals surface area contributed by atoms with Crippen LogP contribution in [0.3, 0.4) is 0 Å². The van der Waals surface area contributed by atoms with Crippen LogP contribution in [0.2, 0.25) is 10.3 Å². The third-order valence-electron chi connectivity index (χ3n) is 1.60. The van der Waals surface area contributed by atoms with E-state index in [1.54, 1.807) is 7.05 Å². The van der Waals surface area contributed by atoms with Crippen molar-refractivity contribution in [2.45, 2.75) is 0 Å². The summed E-state index contributed by atoms with van der Waals surface area (Å²) in [6.07, 6.45) is 1.43. The zero-order valence-electron chi connectivity index (χ0n) is 7.45. The Hall–Kier alpha value is -1.27. The van der Waals surface area contributed by atoms with Gasteiger partial charge in [0.25, 0.3) is 0 Å². The van der Waals surface area contributed by atoms with Crippen molar-refractivity contribution in [3.05, 3.63) is 22.3 Å². The summed E-state index contributed by atoms with van der Waals surface area (Å²) in [5, 5.41) is 7.08. The van der Waals surface area contributed by atoms with E-state index in [-0.39, 0.29) is 16.1 Å². The van der Waals surface area contributed by atoms with Crippen molar-refractivity contribution in [3.8, 4) is 11.5 Å². The van der Waals surface area contributed by atoms with E-state index in [1.165, 1.54) is 11.0 Å². The lowest BCUT2D eigenvalue weighted by Gasteiger charge is -1.98. The monoisotopic (exact) mass is 247 g/mol. The van der Waals surface area contributed by atoms with Gasteiger partial charge in [0.2, 0.25) is 0 Å². The van der Waals surface area contributed by atoms with Gasteiger partial charge >= 0.3 is 0 Å². The number of aryl methyl sites for hydroxylation is 1. The van der Waals surface area contributed by atoms with Crippen LogP contribution in [-0.2, 0) is 7.05 Å². The minimum absolute atomic E-state index is 0.138. The van der Waals surface area contributed by atoms with Crippen LogP contribution < -0.4 is 0 Å². The van der Waals surface area contributed by atoms with Crippen LogP contribution >= 0.6 is 23.2 Å². The second-order valence-electron chi connectivity index (χ2n) is 2.66. The first kappa shape index (κ1) is 10.3. The standard InChI is InChI=1S/C7H4Cl2FN5/c1-15-11-2-3(14-15)7-12-5(8)4(10)6(9)13-7/h2H,1H3. The lowest BCUT2D eigenvalue weighted by molar-refractivity contribution is 0.615. The Morgan fingerprint density at radius 3 is 2.33 bits per heavy atom. The molecule has 5 nitrogen and oxygen atoms in total. The fourth-order valence-corrected chi connectivity index (χ4v) is 1.34. The first-order valence-corrected chi connectivity index (χ1v) is 4.58. The van der Waals surface area contributed by atoms with Crippen molar-refractivity contribution in [3.63, 3.8) is 0 Å². The molecule has 0 aliphatic carbocycles. The molecule has 78 valence electrons. The van der Waals surface area contributed by atoms with Gasteiger partial charge in [0.05, 0.1) is 6.20 Å². The Kier molecular flexibility index (Phi) is 2.54. The number of hydrogen-bond acceptors (Lipinski definition) is 4. The molecular formula is C7H4Cl2FN5. The first-order valence-electron chi connectivity index (χ1n) is 3.83. The van der Waals surface area contributed by atoms with E-state index in [9.17, 15) is 4.39 Å². The second-order valence-corrected chi connectivity index (χ2v) is 3.38. The SMILES string of the molecule is Cn1ncc(-c2nc(Cl)c(F)c(Cl)n2)n1. The highest BCUT2D eigenvalue weighted by Crippen LogP contribution is 2.22. The van der Waals surface area contributed by atoms with Crippen molar-refractivity contribution in [1.29, 1.82) is 0 Å². The van der Waals surface area contributed by atoms with Gasteiger partial charge in [-0.05, 0) is 0 Å². The van der Waals surface area contributed by atoms with Gasteiger partial charge in [-0.15, -0.1) is 0 Å². The number of halogens is 3. The highest BCUT2D eigenvalue weighted by molar-refractivity contribution is 6.33. The molecule has 8 heteroatoms. The maximum absolute atomic E-state index is 13.0. The van der Waals surface area contributed by atoms with E-state index in [4.69, 9.17) is 23.2 Å². The van der Waals surface area contributed by atoms with Crippen molar-refractivity contribution in [1.82, 2.24) is 25.0 Å². The average molecular weight is 248 g/mol. The van der Waals surface area contributed by atoms with Crippen LogP contribution in [0.4, 0.5) is 4.39 Å². The van der Waals surface area contributed by atoms with Gasteiger partial charge < -0.3 is 0 Å². The van der Waals surface area contributed by atoms with Gasteiger partial charge in [-0.1, -0.05) is 23.2 Å². The second kappa shape index (κ2) is 3.71. The Labute approximate surface area is 93.9 Å². The first-order chi connectivity index (χ1) is 7.08. The third kappa shape index (κ3) is 1.91. The smallest absolute Gasteiger partial charge is 0.197 e. The molecule has 15 heavy (non-hydrogen) atoms. The Bertz CT molecular complexity index is 489. The van der Waals surface area contributed by atoms with Gasteiger partial charge in [0, 0.05) is 7.05 Å². The summed E-state index contributed by atoms with van der Waals surface area (Å²) in [4.78, 5) is 8.72. The van der Waals surface area contributed by atoms with Gasteiger partial charge in [0.1, 0.15) is 5.69 Å². The van der Waals surface area contributed by atoms with Crippen molar-refractivity contribution < 1.29 is 4.39 Å². The summed E-state index contributed by atoms with van der Waals surface area (Å²) in [6, 6.07) is 0. The maximum Gasteiger partial charge on any atom is 0.197 e. The van der Waals surface area contributed by atoms with Crippen LogP contribution in [-0.4, -0.2) is 25.0 Å². The molecule has 0 saturated carbocycles. The topological polar surface area (TPSA) is 56.5 Å². The molecule has 2 rings (SSSR count). The summed E-state index contributed by atoms with van der Waals surface area (Å²) in [6.45, 7) is 0. The molecule has 0 unspecified atom stereocenters. The molecular weight excluding hydrogens is 244 g/mol. The van der Waals surface area contributed by atoms with Crippen LogP contribution in [0.1, 0.15) is 0 Å². The normalized spacial score (nSPS) is 10.7. The molecule has 0 aromatic carbocycles. The average Bonchev–Trinajstić information content (AvgIpc) is 2.60. The van der Waals surface area contributed by atoms with E-state index in [0.717, 1.165) is 0 Å². The lowest BCUT2D eigenvalue weighted by Crippen LogP contribution is -1.96. The minimum atomic E-state index is -0.842. The molecule has 0 aliphatic heterocycles. The summed E-state index contributed by atoms with van der Waals surface area (Å²) in [5.41, 5.74) is 0.376. The number of aromatic nitrogens is 5. The van der Waals surface area contributed by atoms with Crippen LogP contribution in [0, 0.1) is 5.82 Å². The van der Waals surface area contributed by atoms with Crippen LogP contribution in [0.5, 0.6) is 0 Å². The molecule has 0 fully saturated rings. The Balaban J connectivity index is 2.55. The molecule has 0 N–H and O–H groups in total. The lowest BCUT2D eigenvalue weighted by atomic mass is 10.4. The van der Waals surface area contributed by atoms with E-state index in [2.05, 4.69) is 20.2 Å². The largest absolute Gasteiger partial charge is 0.211 e. The molecule has 0 spiro atoms. The molecule has 0 amide bonds. The summed E-state index contributed by atoms with van der Waals surface area (Å²) < 4.78 is 13.0. The van der Waals surface area contributed by atoms with E-state index < -0.39 is 5.82 Å². The summed E-state index contributed by atoms with van der Waals surface area (Å²) in [7, 11) is 1.64. The predicted octanol–water partition coefficient (Wildman–Crippen LogP) is 1.72. The van der Waals surface area contributed by atoms with Crippen molar-refractivity contribution in [2.24, 2.45) is 7.05 Å². The molecule has 0 aliphatic rings. The minimum Gasteiger partial charge on any atom is -0.211 e. The Morgan fingerprint density at radius 1 is 1.27 bits per heavy atom. The van der Waals surface area contributed by atoms with Gasteiger partial charge in [-0.25, -0.2) is 14.4 Å². The van der Waals surface area contributed by atoms with Crippen molar-refractivity contribution >= 4 is 23.2 Å². The summed E-state index contributed by atoms with van der Waals surface area (Å²) in [5.74, 6) is -0.703. The molecule has 2 aromatic rings. The van der Waals surface area contributed by atoms with Gasteiger partial charge in [0.15, 0.2) is 21.9 Å². The fourth-order valence-electron chi connectivity index (χ4n) is 0.957. The number of rotatable bonds is 1. The highest BCUT2D eigenvalue weighted by atomic mass is 35.5. The molecule has 0 saturated heterocycles. The van der Waals surface area contributed by atoms with E-state index >= 15 is 0 Å². The van der Waals surface area contributed by atoms with Gasteiger partial charge in [-0.2, -0.15) is 15.0 Å². The van der Waals surface area contributed by atoms with E-state index in [0.29, 0.717) is 5.69 Å². The quantitative estimate of drug-likeness (QED) is 0.721. The third-order valence-corrected chi connectivity index (χ3v) is 2.10. The zero-order chi connectivity index (χ0) is 11.0. The maximum atomic E-state index is 13.0. The van der Waals surface area contributed by atoms with Crippen LogP contribution in [0.15, 0.2) is 6.20 Å². The van der Waals surface area contributed by atoms with E-state index in [1.807, 2.05) is 0 Å². The molecule has 0 radical (unpaired) electrons. The Morgan fingerprint density at radius 2 is 1.87 bits per heavy atom. The van der Waals surface area contributed by atoms with Crippen LogP contribution in [0.25, 0.3) is 11.5 Å². The molecule has 2 aromatic heterocycles. The molecule has 0 bridgehead atoms.